The van der Waals surface area contributed by atoms with Gasteiger partial charge in [-0.25, -0.2) is 9.29 Å². The Labute approximate surface area is 173 Å². The van der Waals surface area contributed by atoms with E-state index < -0.39 is 17.0 Å². The van der Waals surface area contributed by atoms with Crippen LogP contribution in [0.2, 0.25) is 10.0 Å². The third kappa shape index (κ3) is 3.58. The Hall–Kier alpha value is -2.54. The second-order valence-electron chi connectivity index (χ2n) is 5.82. The molecule has 1 fully saturated rings. The summed E-state index contributed by atoms with van der Waals surface area (Å²) in [5.74, 6) is 0.0130. The lowest BCUT2D eigenvalue weighted by Gasteiger charge is -2.11. The van der Waals surface area contributed by atoms with Gasteiger partial charge in [0.2, 0.25) is 0 Å². The van der Waals surface area contributed by atoms with Crippen LogP contribution in [-0.4, -0.2) is 11.1 Å². The number of nitrogens with zero attached hydrogens (tertiary/aromatic N) is 1. The van der Waals surface area contributed by atoms with Crippen LogP contribution in [0, 0.1) is 5.82 Å². The number of furan rings is 1. The second kappa shape index (κ2) is 7.47. The van der Waals surface area contributed by atoms with Crippen molar-refractivity contribution in [3.63, 3.8) is 0 Å². The fourth-order valence-corrected chi connectivity index (χ4v) is 3.76. The first-order valence-electron chi connectivity index (χ1n) is 8.01. The van der Waals surface area contributed by atoms with Crippen molar-refractivity contribution in [3.05, 3.63) is 81.1 Å². The highest BCUT2D eigenvalue weighted by Gasteiger charge is 2.36. The molecule has 3 aromatic rings. The molecule has 0 N–H and O–H groups in total. The maximum Gasteiger partial charge on any atom is 0.298 e. The summed E-state index contributed by atoms with van der Waals surface area (Å²) >= 11 is 12.7. The molecule has 8 heteroatoms. The van der Waals surface area contributed by atoms with E-state index in [-0.39, 0.29) is 4.91 Å². The first-order chi connectivity index (χ1) is 13.4. The minimum absolute atomic E-state index is 0.212. The zero-order chi connectivity index (χ0) is 19.8. The van der Waals surface area contributed by atoms with E-state index in [1.807, 2.05) is 0 Å². The summed E-state index contributed by atoms with van der Waals surface area (Å²) in [6, 6.07) is 13.7. The van der Waals surface area contributed by atoms with Crippen LogP contribution in [0.25, 0.3) is 17.4 Å². The van der Waals surface area contributed by atoms with Gasteiger partial charge in [-0.3, -0.25) is 9.59 Å². The maximum absolute atomic E-state index is 13.1. The average molecular weight is 434 g/mol. The highest BCUT2D eigenvalue weighted by Crippen LogP contribution is 2.36. The Bertz CT molecular complexity index is 1120. The van der Waals surface area contributed by atoms with Crippen molar-refractivity contribution < 1.29 is 18.4 Å². The van der Waals surface area contributed by atoms with Gasteiger partial charge in [0.1, 0.15) is 17.3 Å². The quantitative estimate of drug-likeness (QED) is 0.434. The number of thioether (sulfide) groups is 1. The Morgan fingerprint density at radius 2 is 1.71 bits per heavy atom. The highest BCUT2D eigenvalue weighted by molar-refractivity contribution is 8.19. The third-order valence-corrected chi connectivity index (χ3v) is 5.59. The van der Waals surface area contributed by atoms with Gasteiger partial charge in [0.05, 0.1) is 20.6 Å². The number of carbonyl (C=O) groups is 2. The van der Waals surface area contributed by atoms with Crippen LogP contribution in [0.4, 0.5) is 14.9 Å². The number of halogens is 3. The number of amides is 2. The maximum atomic E-state index is 13.1. The molecule has 1 aliphatic rings. The van der Waals surface area contributed by atoms with Crippen LogP contribution in [0.1, 0.15) is 5.76 Å². The van der Waals surface area contributed by atoms with E-state index in [9.17, 15) is 14.0 Å². The van der Waals surface area contributed by atoms with E-state index in [1.54, 1.807) is 30.3 Å². The van der Waals surface area contributed by atoms with Gasteiger partial charge < -0.3 is 4.42 Å². The lowest BCUT2D eigenvalue weighted by atomic mass is 10.2. The van der Waals surface area contributed by atoms with E-state index >= 15 is 0 Å². The summed E-state index contributed by atoms with van der Waals surface area (Å²) in [7, 11) is 0. The monoisotopic (exact) mass is 433 g/mol. The predicted molar refractivity (Wildman–Crippen MR) is 109 cm³/mol. The molecule has 0 atom stereocenters. The Balaban J connectivity index is 1.60. The van der Waals surface area contributed by atoms with Crippen LogP contribution in [-0.2, 0) is 4.79 Å². The van der Waals surface area contributed by atoms with Crippen molar-refractivity contribution >= 4 is 57.9 Å². The van der Waals surface area contributed by atoms with E-state index in [0.29, 0.717) is 27.3 Å². The van der Waals surface area contributed by atoms with Crippen molar-refractivity contribution in [1.29, 1.82) is 0 Å². The van der Waals surface area contributed by atoms with Gasteiger partial charge in [0.25, 0.3) is 11.1 Å². The molecule has 0 aliphatic carbocycles. The molecular formula is C20H10Cl2FNO3S. The fourth-order valence-electron chi connectivity index (χ4n) is 2.64. The van der Waals surface area contributed by atoms with Crippen molar-refractivity contribution in [2.24, 2.45) is 0 Å². The van der Waals surface area contributed by atoms with Crippen molar-refractivity contribution in [1.82, 2.24) is 0 Å². The zero-order valence-electron chi connectivity index (χ0n) is 14.0. The third-order valence-electron chi connectivity index (χ3n) is 3.98. The molecule has 0 saturated carbocycles. The largest absolute Gasteiger partial charge is 0.457 e. The molecule has 2 aromatic carbocycles. The van der Waals surface area contributed by atoms with Crippen molar-refractivity contribution in [2.75, 3.05) is 4.90 Å². The summed E-state index contributed by atoms with van der Waals surface area (Å²) in [6.07, 6.45) is 1.50. The predicted octanol–water partition coefficient (Wildman–Crippen LogP) is 6.63. The summed E-state index contributed by atoms with van der Waals surface area (Å²) in [6.45, 7) is 0. The topological polar surface area (TPSA) is 50.5 Å². The Morgan fingerprint density at radius 3 is 2.43 bits per heavy atom. The molecule has 28 heavy (non-hydrogen) atoms. The summed E-state index contributed by atoms with van der Waals surface area (Å²) in [5.41, 5.74) is 1.04. The number of imide groups is 1. The van der Waals surface area contributed by atoms with Gasteiger partial charge in [0, 0.05) is 11.6 Å². The van der Waals surface area contributed by atoms with Crippen LogP contribution < -0.4 is 4.90 Å². The molecule has 2 amide bonds. The number of benzene rings is 2. The summed E-state index contributed by atoms with van der Waals surface area (Å²) in [4.78, 5) is 26.1. The van der Waals surface area contributed by atoms with E-state index in [1.165, 1.54) is 30.3 Å². The van der Waals surface area contributed by atoms with Gasteiger partial charge in [-0.15, -0.1) is 0 Å². The number of anilines is 1. The first-order valence-corrected chi connectivity index (χ1v) is 9.58. The van der Waals surface area contributed by atoms with Gasteiger partial charge in [-0.2, -0.15) is 0 Å². The SMILES string of the molecule is O=C1S/C(=C/c2ccc(-c3ccc(Cl)c(Cl)c3)o2)C(=O)N1c1ccc(F)cc1. The zero-order valence-corrected chi connectivity index (χ0v) is 16.3. The Morgan fingerprint density at radius 1 is 0.964 bits per heavy atom. The van der Waals surface area contributed by atoms with Crippen LogP contribution in [0.5, 0.6) is 0 Å². The molecule has 0 bridgehead atoms. The van der Waals surface area contributed by atoms with Gasteiger partial charge in [-0.1, -0.05) is 23.2 Å². The van der Waals surface area contributed by atoms with Crippen LogP contribution >= 0.6 is 35.0 Å². The molecule has 2 heterocycles. The fraction of sp³-hybridized carbons (Fsp3) is 0. The van der Waals surface area contributed by atoms with Gasteiger partial charge in [-0.05, 0) is 66.4 Å². The number of hydrogen-bond donors (Lipinski definition) is 0. The number of hydrogen-bond acceptors (Lipinski definition) is 4. The average Bonchev–Trinajstić information content (AvgIpc) is 3.24. The van der Waals surface area contributed by atoms with Crippen LogP contribution in [0.3, 0.4) is 0 Å². The van der Waals surface area contributed by atoms with E-state index in [2.05, 4.69) is 0 Å². The lowest BCUT2D eigenvalue weighted by molar-refractivity contribution is -0.113. The first kappa shape index (κ1) is 18.8. The summed E-state index contributed by atoms with van der Waals surface area (Å²) < 4.78 is 18.8. The van der Waals surface area contributed by atoms with Crippen molar-refractivity contribution in [2.45, 2.75) is 0 Å². The van der Waals surface area contributed by atoms with Gasteiger partial charge >= 0.3 is 0 Å². The van der Waals surface area contributed by atoms with Crippen molar-refractivity contribution in [3.8, 4) is 11.3 Å². The highest BCUT2D eigenvalue weighted by atomic mass is 35.5. The van der Waals surface area contributed by atoms with E-state index in [0.717, 1.165) is 22.2 Å². The summed E-state index contributed by atoms with van der Waals surface area (Å²) in [5, 5.41) is 0.378. The molecular weight excluding hydrogens is 424 g/mol. The van der Waals surface area contributed by atoms with Crippen LogP contribution in [0.15, 0.2) is 63.9 Å². The molecule has 140 valence electrons. The molecule has 1 aromatic heterocycles. The number of rotatable bonds is 3. The molecule has 0 radical (unpaired) electrons. The minimum Gasteiger partial charge on any atom is -0.457 e. The number of carbonyl (C=O) groups excluding carboxylic acids is 2. The standard InChI is InChI=1S/C20H10Cl2FNO3S/c21-15-7-1-11(9-16(15)22)17-8-6-14(27-17)10-18-19(25)24(20(26)28-18)13-4-2-12(23)3-5-13/h1-10H/b18-10+. The van der Waals surface area contributed by atoms with E-state index in [4.69, 9.17) is 27.6 Å². The lowest BCUT2D eigenvalue weighted by Crippen LogP contribution is -2.27. The molecule has 1 saturated heterocycles. The normalized spacial score (nSPS) is 15.7. The Kier molecular flexibility index (Phi) is 5.02. The second-order valence-corrected chi connectivity index (χ2v) is 7.63. The van der Waals surface area contributed by atoms with Gasteiger partial charge in [0.15, 0.2) is 0 Å². The smallest absolute Gasteiger partial charge is 0.298 e. The molecule has 4 nitrogen and oxygen atoms in total. The molecule has 4 rings (SSSR count). The molecule has 0 unspecified atom stereocenters. The minimum atomic E-state index is -0.492. The molecule has 0 spiro atoms. The molecule has 1 aliphatic heterocycles.